The third-order valence-electron chi connectivity index (χ3n) is 4.04. The van der Waals surface area contributed by atoms with Gasteiger partial charge in [0.1, 0.15) is 5.58 Å². The van der Waals surface area contributed by atoms with Crippen molar-refractivity contribution in [3.05, 3.63) is 40.9 Å². The number of benzene rings is 1. The van der Waals surface area contributed by atoms with E-state index in [0.717, 1.165) is 34.7 Å². The number of para-hydroxylation sites is 1. The van der Waals surface area contributed by atoms with Crippen molar-refractivity contribution in [3.8, 4) is 10.8 Å². The number of fused-ring (bicyclic) bond motifs is 2. The van der Waals surface area contributed by atoms with Gasteiger partial charge < -0.3 is 9.73 Å². The summed E-state index contributed by atoms with van der Waals surface area (Å²) in [6.45, 7) is 3.14. The van der Waals surface area contributed by atoms with E-state index >= 15 is 0 Å². The molecule has 1 aliphatic rings. The Bertz CT molecular complexity index is 741. The van der Waals surface area contributed by atoms with Gasteiger partial charge in [-0.3, -0.25) is 0 Å². The van der Waals surface area contributed by atoms with E-state index in [2.05, 4.69) is 24.4 Å². The summed E-state index contributed by atoms with van der Waals surface area (Å²) >= 11 is 1.79. The first-order chi connectivity index (χ1) is 10.3. The maximum atomic E-state index is 5.95. The first-order valence-corrected chi connectivity index (χ1v) is 8.38. The Morgan fingerprint density at radius 2 is 2.29 bits per heavy atom. The van der Waals surface area contributed by atoms with E-state index in [1.807, 2.05) is 18.2 Å². The van der Waals surface area contributed by atoms with Crippen molar-refractivity contribution in [2.75, 3.05) is 6.54 Å². The average molecular weight is 298 g/mol. The van der Waals surface area contributed by atoms with Crippen LogP contribution in [0.5, 0.6) is 0 Å². The summed E-state index contributed by atoms with van der Waals surface area (Å²) in [6.07, 6.45) is 3.58. The van der Waals surface area contributed by atoms with E-state index < -0.39 is 0 Å². The minimum atomic E-state index is 0.410. The van der Waals surface area contributed by atoms with Crippen molar-refractivity contribution < 1.29 is 4.42 Å². The van der Waals surface area contributed by atoms with Crippen molar-refractivity contribution in [1.29, 1.82) is 0 Å². The van der Waals surface area contributed by atoms with Crippen molar-refractivity contribution >= 4 is 22.3 Å². The molecule has 0 aliphatic heterocycles. The van der Waals surface area contributed by atoms with Gasteiger partial charge in [-0.1, -0.05) is 25.1 Å². The second-order valence-corrected chi connectivity index (χ2v) is 6.56. The maximum absolute atomic E-state index is 5.95. The fourth-order valence-corrected chi connectivity index (χ4v) is 4.17. The molecule has 0 bridgehead atoms. The number of hydrogen-bond acceptors (Lipinski definition) is 4. The van der Waals surface area contributed by atoms with Crippen LogP contribution in [0.25, 0.3) is 21.7 Å². The lowest BCUT2D eigenvalue weighted by molar-refractivity contribution is 0.465. The number of aryl methyl sites for hydroxylation is 1. The molecule has 0 radical (unpaired) electrons. The highest BCUT2D eigenvalue weighted by Gasteiger charge is 2.25. The fourth-order valence-electron chi connectivity index (χ4n) is 3.06. The predicted molar refractivity (Wildman–Crippen MR) is 86.7 cm³/mol. The van der Waals surface area contributed by atoms with Crippen molar-refractivity contribution in [3.63, 3.8) is 0 Å². The van der Waals surface area contributed by atoms with Crippen LogP contribution in [-0.2, 0) is 6.42 Å². The smallest absolute Gasteiger partial charge is 0.164 e. The third kappa shape index (κ3) is 2.28. The molecule has 1 aromatic carbocycles. The molecule has 4 rings (SSSR count). The molecule has 1 N–H and O–H groups in total. The monoisotopic (exact) mass is 298 g/mol. The van der Waals surface area contributed by atoms with Crippen LogP contribution >= 0.6 is 11.3 Å². The molecular weight excluding hydrogens is 280 g/mol. The van der Waals surface area contributed by atoms with Crippen LogP contribution in [0.3, 0.4) is 0 Å². The molecule has 1 aliphatic carbocycles. The maximum Gasteiger partial charge on any atom is 0.164 e. The zero-order valence-electron chi connectivity index (χ0n) is 12.1. The summed E-state index contributed by atoms with van der Waals surface area (Å²) < 4.78 is 5.95. The van der Waals surface area contributed by atoms with E-state index in [9.17, 15) is 0 Å². The second kappa shape index (κ2) is 5.28. The lowest BCUT2D eigenvalue weighted by Gasteiger charge is -2.21. The molecule has 3 aromatic rings. The molecular formula is C17H18N2OS. The first kappa shape index (κ1) is 13.0. The Labute approximate surface area is 128 Å². The lowest BCUT2D eigenvalue weighted by atomic mass is 9.98. The minimum absolute atomic E-state index is 0.410. The van der Waals surface area contributed by atoms with Crippen LogP contribution < -0.4 is 5.32 Å². The average Bonchev–Trinajstić information content (AvgIpc) is 3.11. The van der Waals surface area contributed by atoms with Gasteiger partial charge in [0.05, 0.1) is 11.7 Å². The van der Waals surface area contributed by atoms with Gasteiger partial charge in [0.15, 0.2) is 10.8 Å². The van der Waals surface area contributed by atoms with Crippen molar-refractivity contribution in [2.24, 2.45) is 0 Å². The van der Waals surface area contributed by atoms with Gasteiger partial charge in [0.2, 0.25) is 0 Å². The van der Waals surface area contributed by atoms with E-state index in [-0.39, 0.29) is 0 Å². The Morgan fingerprint density at radius 3 is 3.14 bits per heavy atom. The van der Waals surface area contributed by atoms with Gasteiger partial charge in [-0.05, 0) is 37.9 Å². The van der Waals surface area contributed by atoms with Crippen molar-refractivity contribution in [2.45, 2.75) is 32.2 Å². The summed E-state index contributed by atoms with van der Waals surface area (Å²) in [5.74, 6) is 0.894. The Hall–Kier alpha value is -1.65. The van der Waals surface area contributed by atoms with Gasteiger partial charge in [0, 0.05) is 10.3 Å². The molecule has 0 spiro atoms. The van der Waals surface area contributed by atoms with Crippen LogP contribution in [0.2, 0.25) is 0 Å². The molecule has 1 unspecified atom stereocenters. The lowest BCUT2D eigenvalue weighted by Crippen LogP contribution is -2.24. The van der Waals surface area contributed by atoms with E-state index in [1.165, 1.54) is 23.4 Å². The Kier molecular flexibility index (Phi) is 3.28. The Balaban J connectivity index is 1.76. The zero-order valence-corrected chi connectivity index (χ0v) is 12.9. The van der Waals surface area contributed by atoms with E-state index in [0.29, 0.717) is 6.04 Å². The summed E-state index contributed by atoms with van der Waals surface area (Å²) in [5, 5.41) is 5.70. The highest BCUT2D eigenvalue weighted by Crippen LogP contribution is 2.38. The van der Waals surface area contributed by atoms with Gasteiger partial charge in [-0.25, -0.2) is 4.98 Å². The van der Waals surface area contributed by atoms with Crippen LogP contribution in [0, 0.1) is 0 Å². The van der Waals surface area contributed by atoms with Gasteiger partial charge in [-0.15, -0.1) is 11.3 Å². The molecule has 21 heavy (non-hydrogen) atoms. The van der Waals surface area contributed by atoms with Gasteiger partial charge >= 0.3 is 0 Å². The number of rotatable bonds is 3. The fraction of sp³-hybridized carbons (Fsp3) is 0.353. The van der Waals surface area contributed by atoms with Gasteiger partial charge in [0.25, 0.3) is 0 Å². The highest BCUT2D eigenvalue weighted by molar-refractivity contribution is 7.15. The highest BCUT2D eigenvalue weighted by atomic mass is 32.1. The van der Waals surface area contributed by atoms with Crippen molar-refractivity contribution in [1.82, 2.24) is 10.3 Å². The number of furan rings is 1. The molecule has 2 heterocycles. The normalized spacial score (nSPS) is 18.0. The number of nitrogens with one attached hydrogen (secondary N) is 1. The molecule has 0 saturated heterocycles. The van der Waals surface area contributed by atoms with E-state index in [4.69, 9.17) is 9.40 Å². The molecule has 2 aromatic heterocycles. The van der Waals surface area contributed by atoms with Gasteiger partial charge in [-0.2, -0.15) is 0 Å². The Morgan fingerprint density at radius 1 is 1.38 bits per heavy atom. The predicted octanol–water partition coefficient (Wildman–Crippen LogP) is 4.54. The van der Waals surface area contributed by atoms with Crippen LogP contribution in [-0.4, -0.2) is 11.5 Å². The number of thiazole rings is 1. The molecule has 108 valence electrons. The SMILES string of the molecule is CCNC1CCCc2sc(-c3cc4ccccc4o3)nc21. The molecule has 0 fully saturated rings. The zero-order chi connectivity index (χ0) is 14.2. The standard InChI is InChI=1S/C17H18N2OS/c1-2-18-12-7-5-9-15-16(12)19-17(21-15)14-10-11-6-3-4-8-13(11)20-14/h3-4,6,8,10,12,18H,2,5,7,9H2,1H3. The second-order valence-electron chi connectivity index (χ2n) is 5.48. The largest absolute Gasteiger partial charge is 0.454 e. The summed E-state index contributed by atoms with van der Waals surface area (Å²) in [5.41, 5.74) is 2.17. The molecule has 4 heteroatoms. The van der Waals surface area contributed by atoms with Crippen LogP contribution in [0.15, 0.2) is 34.7 Å². The number of aromatic nitrogens is 1. The summed E-state index contributed by atoms with van der Waals surface area (Å²) in [4.78, 5) is 6.30. The minimum Gasteiger partial charge on any atom is -0.454 e. The molecule has 1 atom stereocenters. The van der Waals surface area contributed by atoms with Crippen LogP contribution in [0.4, 0.5) is 0 Å². The molecule has 3 nitrogen and oxygen atoms in total. The van der Waals surface area contributed by atoms with E-state index in [1.54, 1.807) is 11.3 Å². The summed E-state index contributed by atoms with van der Waals surface area (Å²) in [7, 11) is 0. The molecule has 0 saturated carbocycles. The third-order valence-corrected chi connectivity index (χ3v) is 5.19. The summed E-state index contributed by atoms with van der Waals surface area (Å²) in [6, 6.07) is 10.6. The quantitative estimate of drug-likeness (QED) is 0.771. The number of hydrogen-bond donors (Lipinski definition) is 1. The topological polar surface area (TPSA) is 38.1 Å². The first-order valence-electron chi connectivity index (χ1n) is 7.57. The number of nitrogens with zero attached hydrogens (tertiary/aromatic N) is 1. The molecule has 0 amide bonds. The van der Waals surface area contributed by atoms with Crippen LogP contribution in [0.1, 0.15) is 36.4 Å².